The van der Waals surface area contributed by atoms with Gasteiger partial charge in [-0.25, -0.2) is 0 Å². The number of benzene rings is 1. The third-order valence-electron chi connectivity index (χ3n) is 5.38. The van der Waals surface area contributed by atoms with Gasteiger partial charge in [-0.3, -0.25) is 5.10 Å². The third kappa shape index (κ3) is 5.13. The molecule has 1 fully saturated rings. The summed E-state index contributed by atoms with van der Waals surface area (Å²) in [4.78, 5) is 0. The van der Waals surface area contributed by atoms with Crippen molar-refractivity contribution in [3.8, 4) is 0 Å². The van der Waals surface area contributed by atoms with Crippen molar-refractivity contribution in [2.45, 2.75) is 77.9 Å². The number of hydrogen-bond acceptors (Lipinski definition) is 2. The summed E-state index contributed by atoms with van der Waals surface area (Å²) in [5, 5.41) is 11.8. The number of hydrogen-bond donors (Lipinski definition) is 1. The highest BCUT2D eigenvalue weighted by Gasteiger charge is 2.28. The van der Waals surface area contributed by atoms with E-state index in [0.717, 1.165) is 12.3 Å². The van der Waals surface area contributed by atoms with Crippen LogP contribution in [0.3, 0.4) is 0 Å². The van der Waals surface area contributed by atoms with E-state index in [-0.39, 0.29) is 2.85 Å². The van der Waals surface area contributed by atoms with E-state index >= 15 is 0 Å². The van der Waals surface area contributed by atoms with Gasteiger partial charge in [-0.05, 0) is 61.5 Å². The number of fused-ring (bicyclic) bond motifs is 1. The summed E-state index contributed by atoms with van der Waals surface area (Å²) in [5.74, 6) is 1.51. The molecule has 3 unspecified atom stereocenters. The Morgan fingerprint density at radius 1 is 1.40 bits per heavy atom. The average molecular weight is 363 g/mol. The Bertz CT molecular complexity index is 684. The fourth-order valence-corrected chi connectivity index (χ4v) is 4.78. The zero-order chi connectivity index (χ0) is 18.2. The van der Waals surface area contributed by atoms with Gasteiger partial charge in [-0.15, -0.1) is 11.8 Å². The molecule has 3 atom stereocenters. The Kier molecular flexibility index (Phi) is 8.08. The molecule has 1 N–H and O–H groups in total. The molecule has 2 aromatic rings. The molecule has 0 bridgehead atoms. The molecule has 1 heterocycles. The zero-order valence-corrected chi connectivity index (χ0v) is 17.3. The van der Waals surface area contributed by atoms with Crippen LogP contribution in [0.25, 0.3) is 10.9 Å². The molecule has 0 saturated heterocycles. The topological polar surface area (TPSA) is 28.7 Å². The standard InChI is InChI=1S/C20H28N2S.C2H6.2H2/c1-4-14(2)13-23-15(3)16-7-5-8-17(11-16)18-9-6-10-20-19(18)12-21-22-20;1-2;;/h6,9-10,12-13,15-17H,4-5,7-8,11H2,1-3H3,(H,21,22);1-2H3;2*1H/b14-13+;;;. The molecule has 1 aromatic heterocycles. The van der Waals surface area contributed by atoms with Crippen LogP contribution < -0.4 is 0 Å². The highest BCUT2D eigenvalue weighted by molar-refractivity contribution is 8.02. The minimum absolute atomic E-state index is 0. The van der Waals surface area contributed by atoms with Crippen molar-refractivity contribution in [2.75, 3.05) is 0 Å². The predicted octanol–water partition coefficient (Wildman–Crippen LogP) is 7.79. The number of thioether (sulfide) groups is 1. The minimum Gasteiger partial charge on any atom is -0.278 e. The maximum atomic E-state index is 4.23. The highest BCUT2D eigenvalue weighted by Crippen LogP contribution is 2.42. The molecule has 0 amide bonds. The van der Waals surface area contributed by atoms with Gasteiger partial charge < -0.3 is 0 Å². The molecule has 142 valence electrons. The van der Waals surface area contributed by atoms with Gasteiger partial charge in [0.25, 0.3) is 0 Å². The van der Waals surface area contributed by atoms with E-state index in [4.69, 9.17) is 0 Å². The normalized spacial score (nSPS) is 22.4. The van der Waals surface area contributed by atoms with Crippen molar-refractivity contribution in [1.82, 2.24) is 10.2 Å². The lowest BCUT2D eigenvalue weighted by molar-refractivity contribution is 0.322. The smallest absolute Gasteiger partial charge is 0.0653 e. The molecular weight excluding hydrogens is 324 g/mol. The van der Waals surface area contributed by atoms with Crippen molar-refractivity contribution in [3.63, 3.8) is 0 Å². The van der Waals surface area contributed by atoms with Crippen LogP contribution in [0, 0.1) is 5.92 Å². The van der Waals surface area contributed by atoms with Crippen molar-refractivity contribution in [1.29, 1.82) is 0 Å². The molecule has 0 spiro atoms. The third-order valence-corrected chi connectivity index (χ3v) is 6.73. The molecule has 1 aromatic carbocycles. The van der Waals surface area contributed by atoms with Crippen LogP contribution in [-0.2, 0) is 0 Å². The van der Waals surface area contributed by atoms with Crippen molar-refractivity contribution in [2.24, 2.45) is 5.92 Å². The van der Waals surface area contributed by atoms with Crippen LogP contribution in [0.2, 0.25) is 0 Å². The summed E-state index contributed by atoms with van der Waals surface area (Å²) in [7, 11) is 0. The molecule has 1 aliphatic rings. The van der Waals surface area contributed by atoms with E-state index in [1.807, 2.05) is 31.8 Å². The van der Waals surface area contributed by atoms with Crippen LogP contribution in [0.4, 0.5) is 0 Å². The van der Waals surface area contributed by atoms with E-state index < -0.39 is 0 Å². The first-order valence-electron chi connectivity index (χ1n) is 9.92. The molecular formula is C22H38N2S. The number of aromatic nitrogens is 2. The quantitative estimate of drug-likeness (QED) is 0.588. The molecule has 2 nitrogen and oxygen atoms in total. The molecule has 1 saturated carbocycles. The number of aromatic amines is 1. The van der Waals surface area contributed by atoms with Crippen molar-refractivity contribution >= 4 is 22.7 Å². The van der Waals surface area contributed by atoms with Crippen LogP contribution in [0.15, 0.2) is 35.4 Å². The van der Waals surface area contributed by atoms with Gasteiger partial charge in [0.15, 0.2) is 0 Å². The lowest BCUT2D eigenvalue weighted by Crippen LogP contribution is -2.21. The first-order chi connectivity index (χ1) is 12.2. The summed E-state index contributed by atoms with van der Waals surface area (Å²) in [5.41, 5.74) is 4.17. The number of allylic oxidation sites excluding steroid dienone is 1. The summed E-state index contributed by atoms with van der Waals surface area (Å²) < 4.78 is 0. The number of nitrogens with zero attached hydrogens (tertiary/aromatic N) is 1. The van der Waals surface area contributed by atoms with Crippen molar-refractivity contribution < 1.29 is 2.85 Å². The Balaban J connectivity index is 0.00000164. The summed E-state index contributed by atoms with van der Waals surface area (Å²) in [6.07, 6.45) is 8.53. The molecule has 25 heavy (non-hydrogen) atoms. The van der Waals surface area contributed by atoms with E-state index in [1.165, 1.54) is 47.7 Å². The predicted molar refractivity (Wildman–Crippen MR) is 117 cm³/mol. The van der Waals surface area contributed by atoms with E-state index in [0.29, 0.717) is 11.2 Å². The van der Waals surface area contributed by atoms with Gasteiger partial charge in [0.1, 0.15) is 0 Å². The fraction of sp³-hybridized carbons (Fsp3) is 0.591. The van der Waals surface area contributed by atoms with Gasteiger partial charge in [0.05, 0.1) is 11.7 Å². The zero-order valence-electron chi connectivity index (χ0n) is 16.5. The number of rotatable bonds is 5. The van der Waals surface area contributed by atoms with Crippen LogP contribution in [-0.4, -0.2) is 15.4 Å². The van der Waals surface area contributed by atoms with Crippen LogP contribution in [0.1, 0.15) is 81.1 Å². The Labute approximate surface area is 160 Å². The average Bonchev–Trinajstić information content (AvgIpc) is 3.16. The Hall–Kier alpha value is -1.22. The Morgan fingerprint density at radius 2 is 2.20 bits per heavy atom. The second kappa shape index (κ2) is 10.1. The molecule has 0 radical (unpaired) electrons. The summed E-state index contributed by atoms with van der Waals surface area (Å²) >= 11 is 2.04. The maximum absolute atomic E-state index is 4.23. The second-order valence-electron chi connectivity index (χ2n) is 6.96. The molecule has 0 aliphatic heterocycles. The van der Waals surface area contributed by atoms with Gasteiger partial charge in [0, 0.05) is 13.5 Å². The lowest BCUT2D eigenvalue weighted by atomic mass is 9.76. The summed E-state index contributed by atoms with van der Waals surface area (Å²) in [6.45, 7) is 10.9. The van der Waals surface area contributed by atoms with Gasteiger partial charge in [0.2, 0.25) is 0 Å². The first kappa shape index (κ1) is 20.1. The first-order valence-corrected chi connectivity index (χ1v) is 10.9. The number of nitrogens with one attached hydrogen (secondary N) is 1. The van der Waals surface area contributed by atoms with E-state index in [9.17, 15) is 0 Å². The lowest BCUT2D eigenvalue weighted by Gasteiger charge is -2.33. The summed E-state index contributed by atoms with van der Waals surface area (Å²) in [6, 6.07) is 6.61. The van der Waals surface area contributed by atoms with Crippen LogP contribution >= 0.6 is 11.8 Å². The van der Waals surface area contributed by atoms with Crippen molar-refractivity contribution in [3.05, 3.63) is 40.9 Å². The minimum atomic E-state index is 0. The van der Waals surface area contributed by atoms with Gasteiger partial charge in [-0.1, -0.05) is 51.8 Å². The molecule has 3 heteroatoms. The van der Waals surface area contributed by atoms with Gasteiger partial charge in [-0.2, -0.15) is 5.10 Å². The Morgan fingerprint density at radius 3 is 2.96 bits per heavy atom. The fourth-order valence-electron chi connectivity index (χ4n) is 3.70. The largest absolute Gasteiger partial charge is 0.278 e. The van der Waals surface area contributed by atoms with E-state index in [1.54, 1.807) is 0 Å². The van der Waals surface area contributed by atoms with Gasteiger partial charge >= 0.3 is 0 Å². The maximum Gasteiger partial charge on any atom is 0.0653 e. The number of H-pyrrole nitrogens is 1. The van der Waals surface area contributed by atoms with E-state index in [2.05, 4.69) is 54.6 Å². The second-order valence-corrected chi connectivity index (χ2v) is 8.21. The SMILES string of the molecule is CC.CC/C(C)=C/SC(C)C1CCCC(c2cccc3[nH]ncc23)C1.[HH].[HH]. The highest BCUT2D eigenvalue weighted by atomic mass is 32.2. The van der Waals surface area contributed by atoms with Crippen LogP contribution in [0.5, 0.6) is 0 Å². The molecule has 1 aliphatic carbocycles. The molecule has 3 rings (SSSR count). The monoisotopic (exact) mass is 362 g/mol.